The molecule has 0 amide bonds. The lowest BCUT2D eigenvalue weighted by Gasteiger charge is -2.06. The van der Waals surface area contributed by atoms with Crippen molar-refractivity contribution in [3.63, 3.8) is 0 Å². The molecule has 0 fully saturated rings. The Morgan fingerprint density at radius 2 is 1.89 bits per heavy atom. The fourth-order valence-electron chi connectivity index (χ4n) is 2.10. The first-order chi connectivity index (χ1) is 9.24. The predicted octanol–water partition coefficient (Wildman–Crippen LogP) is 1.49. The van der Waals surface area contributed by atoms with Gasteiger partial charge in [-0.1, -0.05) is 24.3 Å². The molecule has 5 nitrogen and oxygen atoms in total. The molecule has 0 aliphatic heterocycles. The molecule has 5 heteroatoms. The van der Waals surface area contributed by atoms with E-state index >= 15 is 0 Å². The van der Waals surface area contributed by atoms with Crippen LogP contribution in [0.5, 0.6) is 0 Å². The zero-order valence-electron chi connectivity index (χ0n) is 10.1. The third-order valence-corrected chi connectivity index (χ3v) is 3.00. The molecule has 3 N–H and O–H groups in total. The van der Waals surface area contributed by atoms with Crippen LogP contribution in [-0.4, -0.2) is 15.2 Å². The van der Waals surface area contributed by atoms with Gasteiger partial charge in [-0.2, -0.15) is 5.10 Å². The van der Waals surface area contributed by atoms with Crippen LogP contribution in [0.25, 0.3) is 10.8 Å². The molecule has 0 aliphatic rings. The summed E-state index contributed by atoms with van der Waals surface area (Å²) in [6.45, 7) is 0. The van der Waals surface area contributed by atoms with E-state index in [0.717, 1.165) is 22.0 Å². The van der Waals surface area contributed by atoms with E-state index in [4.69, 9.17) is 5.73 Å². The number of aromatic nitrogens is 3. The van der Waals surface area contributed by atoms with Crippen LogP contribution in [0.1, 0.15) is 11.3 Å². The SMILES string of the molecule is Nc1nnc(Cc2cc[nH]c(=O)c2)c2ccccc12. The Balaban J connectivity index is 2.11. The Bertz CT molecular complexity index is 795. The van der Waals surface area contributed by atoms with Crippen LogP contribution in [0, 0.1) is 0 Å². The van der Waals surface area contributed by atoms with Crippen LogP contribution < -0.4 is 11.3 Å². The number of H-pyrrole nitrogens is 1. The van der Waals surface area contributed by atoms with Crippen LogP contribution in [-0.2, 0) is 6.42 Å². The number of pyridine rings is 1. The number of hydrogen-bond acceptors (Lipinski definition) is 4. The highest BCUT2D eigenvalue weighted by Gasteiger charge is 2.07. The Morgan fingerprint density at radius 3 is 2.68 bits per heavy atom. The molecule has 0 unspecified atom stereocenters. The molecule has 1 aromatic carbocycles. The molecule has 2 heterocycles. The number of aromatic amines is 1. The second kappa shape index (κ2) is 4.53. The maximum atomic E-state index is 11.3. The number of nitrogens with zero attached hydrogens (tertiary/aromatic N) is 2. The lowest BCUT2D eigenvalue weighted by atomic mass is 10.1. The van der Waals surface area contributed by atoms with E-state index in [9.17, 15) is 4.79 Å². The zero-order chi connectivity index (χ0) is 13.2. The Kier molecular flexibility index (Phi) is 2.72. The second-order valence-electron chi connectivity index (χ2n) is 4.32. The van der Waals surface area contributed by atoms with Crippen LogP contribution in [0.4, 0.5) is 5.82 Å². The second-order valence-corrected chi connectivity index (χ2v) is 4.32. The van der Waals surface area contributed by atoms with E-state index in [1.807, 2.05) is 30.3 Å². The van der Waals surface area contributed by atoms with Gasteiger partial charge >= 0.3 is 0 Å². The van der Waals surface area contributed by atoms with Gasteiger partial charge in [0.15, 0.2) is 5.82 Å². The van der Waals surface area contributed by atoms with Gasteiger partial charge in [0.25, 0.3) is 0 Å². The van der Waals surface area contributed by atoms with E-state index in [-0.39, 0.29) is 5.56 Å². The summed E-state index contributed by atoms with van der Waals surface area (Å²) in [5.41, 5.74) is 7.41. The van der Waals surface area contributed by atoms with Crippen molar-refractivity contribution in [1.29, 1.82) is 0 Å². The summed E-state index contributed by atoms with van der Waals surface area (Å²) in [4.78, 5) is 13.9. The number of fused-ring (bicyclic) bond motifs is 1. The summed E-state index contributed by atoms with van der Waals surface area (Å²) in [7, 11) is 0. The van der Waals surface area contributed by atoms with Crippen molar-refractivity contribution in [2.75, 3.05) is 5.73 Å². The number of nitrogens with one attached hydrogen (secondary N) is 1. The van der Waals surface area contributed by atoms with Crippen molar-refractivity contribution < 1.29 is 0 Å². The Morgan fingerprint density at radius 1 is 1.11 bits per heavy atom. The number of benzene rings is 1. The third-order valence-electron chi connectivity index (χ3n) is 3.00. The van der Waals surface area contributed by atoms with Gasteiger partial charge in [-0.15, -0.1) is 5.10 Å². The fourth-order valence-corrected chi connectivity index (χ4v) is 2.10. The monoisotopic (exact) mass is 252 g/mol. The normalized spacial score (nSPS) is 10.7. The van der Waals surface area contributed by atoms with Gasteiger partial charge in [0.1, 0.15) is 0 Å². The number of nitrogens with two attached hydrogens (primary N) is 1. The van der Waals surface area contributed by atoms with Crippen LogP contribution in [0.3, 0.4) is 0 Å². The average Bonchev–Trinajstić information content (AvgIpc) is 2.42. The fraction of sp³-hybridized carbons (Fsp3) is 0.0714. The number of rotatable bonds is 2. The summed E-state index contributed by atoms with van der Waals surface area (Å²) in [6, 6.07) is 11.1. The Hall–Kier alpha value is -2.69. The van der Waals surface area contributed by atoms with Crippen molar-refractivity contribution in [3.8, 4) is 0 Å². The highest BCUT2D eigenvalue weighted by atomic mass is 16.1. The quantitative estimate of drug-likeness (QED) is 0.723. The summed E-state index contributed by atoms with van der Waals surface area (Å²) in [5.74, 6) is 0.422. The van der Waals surface area contributed by atoms with Crippen molar-refractivity contribution >= 4 is 16.6 Å². The van der Waals surface area contributed by atoms with E-state index < -0.39 is 0 Å². The van der Waals surface area contributed by atoms with Crippen LogP contribution in [0.15, 0.2) is 47.4 Å². The van der Waals surface area contributed by atoms with Crippen molar-refractivity contribution in [1.82, 2.24) is 15.2 Å². The smallest absolute Gasteiger partial charge is 0.248 e. The molecule has 0 radical (unpaired) electrons. The average molecular weight is 252 g/mol. The molecule has 3 rings (SSSR count). The standard InChI is InChI=1S/C14H12N4O/c15-14-11-4-2-1-3-10(11)12(17-18-14)7-9-5-6-16-13(19)8-9/h1-6,8H,7H2,(H2,15,18)(H,16,19). The molecule has 0 saturated heterocycles. The molecule has 0 aliphatic carbocycles. The van der Waals surface area contributed by atoms with E-state index in [2.05, 4.69) is 15.2 Å². The first-order valence-electron chi connectivity index (χ1n) is 5.91. The Labute approximate surface area is 109 Å². The van der Waals surface area contributed by atoms with Crippen molar-refractivity contribution in [2.24, 2.45) is 0 Å². The first kappa shape index (κ1) is 11.4. The van der Waals surface area contributed by atoms with E-state index in [0.29, 0.717) is 12.2 Å². The van der Waals surface area contributed by atoms with Crippen molar-refractivity contribution in [3.05, 3.63) is 64.2 Å². The van der Waals surface area contributed by atoms with Crippen LogP contribution in [0.2, 0.25) is 0 Å². The van der Waals surface area contributed by atoms with Crippen molar-refractivity contribution in [2.45, 2.75) is 6.42 Å². The number of hydrogen-bond donors (Lipinski definition) is 2. The molecule has 0 atom stereocenters. The highest BCUT2D eigenvalue weighted by molar-refractivity contribution is 5.92. The lowest BCUT2D eigenvalue weighted by molar-refractivity contribution is 0.961. The molecule has 3 aromatic rings. The third kappa shape index (κ3) is 2.18. The summed E-state index contributed by atoms with van der Waals surface area (Å²) < 4.78 is 0. The minimum absolute atomic E-state index is 0.120. The molecular weight excluding hydrogens is 240 g/mol. The summed E-state index contributed by atoms with van der Waals surface area (Å²) in [6.07, 6.45) is 2.18. The molecule has 0 saturated carbocycles. The summed E-state index contributed by atoms with van der Waals surface area (Å²) in [5, 5.41) is 9.97. The molecule has 19 heavy (non-hydrogen) atoms. The zero-order valence-corrected chi connectivity index (χ0v) is 10.1. The maximum Gasteiger partial charge on any atom is 0.248 e. The summed E-state index contributed by atoms with van der Waals surface area (Å²) >= 11 is 0. The molecule has 0 bridgehead atoms. The van der Waals surface area contributed by atoms with Gasteiger partial charge < -0.3 is 10.7 Å². The molecule has 0 spiro atoms. The molecule has 2 aromatic heterocycles. The maximum absolute atomic E-state index is 11.3. The number of anilines is 1. The largest absolute Gasteiger partial charge is 0.382 e. The lowest BCUT2D eigenvalue weighted by Crippen LogP contribution is -2.06. The predicted molar refractivity (Wildman–Crippen MR) is 73.8 cm³/mol. The number of nitrogen functional groups attached to an aromatic ring is 1. The first-order valence-corrected chi connectivity index (χ1v) is 5.91. The van der Waals surface area contributed by atoms with Gasteiger partial charge in [0, 0.05) is 29.5 Å². The minimum atomic E-state index is -0.120. The van der Waals surface area contributed by atoms with E-state index in [1.165, 1.54) is 0 Å². The topological polar surface area (TPSA) is 84.7 Å². The van der Waals surface area contributed by atoms with E-state index in [1.54, 1.807) is 12.3 Å². The van der Waals surface area contributed by atoms with Gasteiger partial charge in [0.2, 0.25) is 5.56 Å². The molecular formula is C14H12N4O. The van der Waals surface area contributed by atoms with Gasteiger partial charge in [-0.05, 0) is 11.6 Å². The minimum Gasteiger partial charge on any atom is -0.382 e. The van der Waals surface area contributed by atoms with Gasteiger partial charge in [-0.25, -0.2) is 0 Å². The van der Waals surface area contributed by atoms with Gasteiger partial charge in [0.05, 0.1) is 5.69 Å². The molecule has 94 valence electrons. The van der Waals surface area contributed by atoms with Gasteiger partial charge in [-0.3, -0.25) is 4.79 Å². The highest BCUT2D eigenvalue weighted by Crippen LogP contribution is 2.22. The van der Waals surface area contributed by atoms with Crippen LogP contribution >= 0.6 is 0 Å².